The zero-order valence-corrected chi connectivity index (χ0v) is 11.1. The minimum atomic E-state index is -0.300. The molecular formula is C15H23NO. The van der Waals surface area contributed by atoms with E-state index in [4.69, 9.17) is 0 Å². The molecule has 0 spiro atoms. The van der Waals surface area contributed by atoms with Crippen molar-refractivity contribution in [3.63, 3.8) is 0 Å². The van der Waals surface area contributed by atoms with Gasteiger partial charge in [0.05, 0.1) is 6.10 Å². The Balaban J connectivity index is 2.36. The van der Waals surface area contributed by atoms with Gasteiger partial charge in [-0.1, -0.05) is 19.9 Å². The first-order valence-electron chi connectivity index (χ1n) is 6.43. The number of nitrogens with zero attached hydrogens (tertiary/aromatic N) is 1. The van der Waals surface area contributed by atoms with Crippen molar-refractivity contribution in [3.05, 3.63) is 36.2 Å². The summed E-state index contributed by atoms with van der Waals surface area (Å²) in [6, 6.07) is 2.51. The van der Waals surface area contributed by atoms with Crippen LogP contribution in [0.4, 0.5) is 0 Å². The second-order valence-corrected chi connectivity index (χ2v) is 6.06. The van der Waals surface area contributed by atoms with Crippen LogP contribution in [0.5, 0.6) is 0 Å². The van der Waals surface area contributed by atoms with Crippen molar-refractivity contribution >= 4 is 0 Å². The first-order valence-corrected chi connectivity index (χ1v) is 6.43. The van der Waals surface area contributed by atoms with Gasteiger partial charge in [0.25, 0.3) is 0 Å². The van der Waals surface area contributed by atoms with Crippen molar-refractivity contribution in [2.75, 3.05) is 0 Å². The van der Waals surface area contributed by atoms with E-state index >= 15 is 0 Å². The number of rotatable bonds is 3. The Bertz CT molecular complexity index is 417. The van der Waals surface area contributed by atoms with E-state index in [1.807, 2.05) is 6.08 Å². The van der Waals surface area contributed by atoms with Crippen LogP contribution in [-0.4, -0.2) is 9.67 Å². The minimum absolute atomic E-state index is 0.191. The molecule has 1 aromatic heterocycles. The van der Waals surface area contributed by atoms with E-state index in [1.54, 1.807) is 0 Å². The molecule has 0 radical (unpaired) electrons. The third kappa shape index (κ3) is 2.32. The van der Waals surface area contributed by atoms with Gasteiger partial charge in [-0.15, -0.1) is 6.58 Å². The van der Waals surface area contributed by atoms with Crippen molar-refractivity contribution in [3.8, 4) is 0 Å². The maximum absolute atomic E-state index is 10.2. The van der Waals surface area contributed by atoms with Crippen molar-refractivity contribution in [1.29, 1.82) is 0 Å². The number of aliphatic hydroxyl groups is 1. The highest BCUT2D eigenvalue weighted by Crippen LogP contribution is 2.41. The molecule has 1 aliphatic carbocycles. The predicted octanol–water partition coefficient (Wildman–Crippen LogP) is 3.63. The van der Waals surface area contributed by atoms with Crippen molar-refractivity contribution < 1.29 is 5.11 Å². The van der Waals surface area contributed by atoms with Crippen LogP contribution >= 0.6 is 0 Å². The number of hydrogen-bond donors (Lipinski definition) is 1. The van der Waals surface area contributed by atoms with Crippen LogP contribution in [-0.2, 0) is 6.42 Å². The van der Waals surface area contributed by atoms with Gasteiger partial charge in [0.15, 0.2) is 0 Å². The van der Waals surface area contributed by atoms with Gasteiger partial charge in [-0.2, -0.15) is 0 Å². The van der Waals surface area contributed by atoms with Gasteiger partial charge in [0.2, 0.25) is 0 Å². The van der Waals surface area contributed by atoms with Crippen LogP contribution in [0.25, 0.3) is 0 Å². The van der Waals surface area contributed by atoms with Gasteiger partial charge in [-0.3, -0.25) is 0 Å². The van der Waals surface area contributed by atoms with Gasteiger partial charge in [-0.25, -0.2) is 0 Å². The summed E-state index contributed by atoms with van der Waals surface area (Å²) in [5.74, 6) is 0. The molecule has 1 heterocycles. The van der Waals surface area contributed by atoms with E-state index in [2.05, 4.69) is 44.2 Å². The van der Waals surface area contributed by atoms with Crippen LogP contribution < -0.4 is 0 Å². The van der Waals surface area contributed by atoms with Gasteiger partial charge in [-0.05, 0) is 37.7 Å². The molecule has 2 atom stereocenters. The Morgan fingerprint density at radius 3 is 3.00 bits per heavy atom. The Labute approximate surface area is 104 Å². The average Bonchev–Trinajstić information content (AvgIpc) is 2.59. The molecule has 2 heteroatoms. The van der Waals surface area contributed by atoms with Crippen molar-refractivity contribution in [2.45, 2.75) is 52.2 Å². The highest BCUT2D eigenvalue weighted by Gasteiger charge is 2.33. The van der Waals surface area contributed by atoms with E-state index in [0.717, 1.165) is 24.8 Å². The topological polar surface area (TPSA) is 25.2 Å². The van der Waals surface area contributed by atoms with Crippen LogP contribution in [0, 0.1) is 5.41 Å². The van der Waals surface area contributed by atoms with E-state index in [9.17, 15) is 5.11 Å². The lowest BCUT2D eigenvalue weighted by molar-refractivity contribution is 0.0975. The summed E-state index contributed by atoms with van der Waals surface area (Å²) in [7, 11) is 0. The zero-order chi connectivity index (χ0) is 12.6. The first kappa shape index (κ1) is 12.4. The molecule has 2 rings (SSSR count). The van der Waals surface area contributed by atoms with Crippen molar-refractivity contribution in [2.24, 2.45) is 5.41 Å². The summed E-state index contributed by atoms with van der Waals surface area (Å²) in [6.45, 7) is 10.5. The molecular weight excluding hydrogens is 210 g/mol. The lowest BCUT2D eigenvalue weighted by Gasteiger charge is -2.34. The molecule has 1 aliphatic rings. The Morgan fingerprint density at radius 2 is 2.35 bits per heavy atom. The van der Waals surface area contributed by atoms with Crippen LogP contribution in [0.1, 0.15) is 57.0 Å². The number of allylic oxidation sites excluding steroid dienone is 1. The van der Waals surface area contributed by atoms with Crippen molar-refractivity contribution in [1.82, 2.24) is 4.57 Å². The summed E-state index contributed by atoms with van der Waals surface area (Å²) < 4.78 is 2.31. The fourth-order valence-electron chi connectivity index (χ4n) is 2.92. The third-order valence-electron chi connectivity index (χ3n) is 3.79. The largest absolute Gasteiger partial charge is 0.388 e. The summed E-state index contributed by atoms with van der Waals surface area (Å²) in [4.78, 5) is 0. The highest BCUT2D eigenvalue weighted by molar-refractivity contribution is 5.29. The molecule has 0 aromatic carbocycles. The van der Waals surface area contributed by atoms with Gasteiger partial charge >= 0.3 is 0 Å². The Morgan fingerprint density at radius 1 is 1.65 bits per heavy atom. The molecule has 1 aromatic rings. The van der Waals surface area contributed by atoms with Gasteiger partial charge in [0, 0.05) is 23.5 Å². The molecule has 2 unspecified atom stereocenters. The maximum atomic E-state index is 10.2. The quantitative estimate of drug-likeness (QED) is 0.792. The number of aliphatic hydroxyl groups excluding tert-OH is 1. The van der Waals surface area contributed by atoms with Gasteiger partial charge < -0.3 is 9.67 Å². The van der Waals surface area contributed by atoms with E-state index in [0.29, 0.717) is 6.04 Å². The van der Waals surface area contributed by atoms with E-state index in [-0.39, 0.29) is 11.5 Å². The molecule has 2 nitrogen and oxygen atoms in total. The second kappa shape index (κ2) is 4.34. The van der Waals surface area contributed by atoms with Crippen LogP contribution in [0.3, 0.4) is 0 Å². The lowest BCUT2D eigenvalue weighted by atomic mass is 9.75. The molecule has 17 heavy (non-hydrogen) atoms. The highest BCUT2D eigenvalue weighted by atomic mass is 16.3. The third-order valence-corrected chi connectivity index (χ3v) is 3.79. The number of hydrogen-bond acceptors (Lipinski definition) is 1. The fraction of sp³-hybridized carbons (Fsp3) is 0.600. The minimum Gasteiger partial charge on any atom is -0.388 e. The zero-order valence-electron chi connectivity index (χ0n) is 11.1. The van der Waals surface area contributed by atoms with Crippen LogP contribution in [0.2, 0.25) is 0 Å². The molecule has 0 fully saturated rings. The monoisotopic (exact) mass is 233 g/mol. The average molecular weight is 233 g/mol. The summed E-state index contributed by atoms with van der Waals surface area (Å²) >= 11 is 0. The summed E-state index contributed by atoms with van der Waals surface area (Å²) in [5, 5.41) is 10.2. The Hall–Kier alpha value is -1.02. The number of fused-ring (bicyclic) bond motifs is 1. The fourth-order valence-corrected chi connectivity index (χ4v) is 2.92. The van der Waals surface area contributed by atoms with E-state index in [1.165, 1.54) is 5.69 Å². The maximum Gasteiger partial charge on any atom is 0.0812 e. The first-order chi connectivity index (χ1) is 7.94. The normalized spacial score (nSPS) is 24.1. The Kier molecular flexibility index (Phi) is 3.17. The van der Waals surface area contributed by atoms with Crippen LogP contribution in [0.15, 0.2) is 24.9 Å². The predicted molar refractivity (Wildman–Crippen MR) is 71.0 cm³/mol. The molecule has 0 saturated heterocycles. The van der Waals surface area contributed by atoms with Gasteiger partial charge in [0.1, 0.15) is 0 Å². The SMILES string of the molecule is C=CCC(C)n1ccc2c1CC(C)(C)CC2O. The molecule has 0 saturated carbocycles. The lowest BCUT2D eigenvalue weighted by Crippen LogP contribution is -2.27. The molecule has 0 bridgehead atoms. The summed E-state index contributed by atoms with van der Waals surface area (Å²) in [6.07, 6.45) is 6.65. The smallest absolute Gasteiger partial charge is 0.0812 e. The molecule has 0 aliphatic heterocycles. The second-order valence-electron chi connectivity index (χ2n) is 6.06. The number of aromatic nitrogens is 1. The molecule has 0 amide bonds. The molecule has 94 valence electrons. The summed E-state index contributed by atoms with van der Waals surface area (Å²) in [5.41, 5.74) is 2.62. The molecule has 1 N–H and O–H groups in total. The van der Waals surface area contributed by atoms with E-state index < -0.39 is 0 Å². The standard InChI is InChI=1S/C15H23NO/c1-5-6-11(2)16-8-7-12-13(16)9-15(3,4)10-14(12)17/h5,7-8,11,14,17H,1,6,9-10H2,2-4H3.